The third-order valence-corrected chi connectivity index (χ3v) is 3.19. The third kappa shape index (κ3) is 2.21. The van der Waals surface area contributed by atoms with Gasteiger partial charge in [-0.15, -0.1) is 0 Å². The molecular formula is C10H18N2O. The topological polar surface area (TPSA) is 41.1 Å². The number of fused-ring (bicyclic) bond motifs is 1. The molecule has 0 aromatic heterocycles. The summed E-state index contributed by atoms with van der Waals surface area (Å²) in [7, 11) is 0. The summed E-state index contributed by atoms with van der Waals surface area (Å²) in [5.41, 5.74) is 0. The molecule has 0 radical (unpaired) electrons. The molecule has 2 aliphatic heterocycles. The molecule has 2 saturated heterocycles. The molecule has 74 valence electrons. The van der Waals surface area contributed by atoms with Crippen molar-refractivity contribution in [1.29, 1.82) is 0 Å². The van der Waals surface area contributed by atoms with E-state index in [4.69, 9.17) is 0 Å². The zero-order valence-corrected chi connectivity index (χ0v) is 8.01. The SMILES string of the molecule is O=C1CCCC2CCCNCC2N1. The Morgan fingerprint density at radius 3 is 3.00 bits per heavy atom. The summed E-state index contributed by atoms with van der Waals surface area (Å²) in [6.45, 7) is 2.08. The Morgan fingerprint density at radius 1 is 1.23 bits per heavy atom. The second-order valence-electron chi connectivity index (χ2n) is 4.17. The number of hydrogen-bond donors (Lipinski definition) is 2. The minimum Gasteiger partial charge on any atom is -0.352 e. The Balaban J connectivity index is 2.01. The van der Waals surface area contributed by atoms with Crippen LogP contribution in [-0.4, -0.2) is 25.0 Å². The summed E-state index contributed by atoms with van der Waals surface area (Å²) in [4.78, 5) is 11.3. The van der Waals surface area contributed by atoms with Crippen LogP contribution in [0, 0.1) is 5.92 Å². The van der Waals surface area contributed by atoms with Gasteiger partial charge in [0, 0.05) is 19.0 Å². The first-order valence-corrected chi connectivity index (χ1v) is 5.36. The maximum absolute atomic E-state index is 11.3. The summed E-state index contributed by atoms with van der Waals surface area (Å²) >= 11 is 0. The molecule has 0 saturated carbocycles. The maximum atomic E-state index is 11.3. The number of hydrogen-bond acceptors (Lipinski definition) is 2. The number of carbonyl (C=O) groups excluding carboxylic acids is 1. The molecule has 0 aromatic rings. The van der Waals surface area contributed by atoms with Gasteiger partial charge in [0.25, 0.3) is 0 Å². The van der Waals surface area contributed by atoms with Gasteiger partial charge in [-0.1, -0.05) is 0 Å². The predicted octanol–water partition coefficient (Wildman–Crippen LogP) is 0.655. The van der Waals surface area contributed by atoms with E-state index in [-0.39, 0.29) is 5.91 Å². The standard InChI is InChI=1S/C10H18N2O/c13-10-5-1-3-8-4-2-6-11-7-9(8)12-10/h8-9,11H,1-7H2,(H,12,13). The fourth-order valence-electron chi connectivity index (χ4n) is 2.43. The van der Waals surface area contributed by atoms with E-state index in [1.54, 1.807) is 0 Å². The van der Waals surface area contributed by atoms with E-state index in [2.05, 4.69) is 10.6 Å². The van der Waals surface area contributed by atoms with Gasteiger partial charge in [0.1, 0.15) is 0 Å². The van der Waals surface area contributed by atoms with Crippen molar-refractivity contribution in [3.8, 4) is 0 Å². The normalized spacial score (nSPS) is 35.5. The monoisotopic (exact) mass is 182 g/mol. The van der Waals surface area contributed by atoms with Gasteiger partial charge in [0.15, 0.2) is 0 Å². The highest BCUT2D eigenvalue weighted by Crippen LogP contribution is 2.23. The van der Waals surface area contributed by atoms with Gasteiger partial charge in [-0.05, 0) is 38.1 Å². The van der Waals surface area contributed by atoms with Crippen molar-refractivity contribution in [2.45, 2.75) is 38.1 Å². The first kappa shape index (κ1) is 9.00. The third-order valence-electron chi connectivity index (χ3n) is 3.19. The zero-order chi connectivity index (χ0) is 9.10. The van der Waals surface area contributed by atoms with Crippen LogP contribution in [0.3, 0.4) is 0 Å². The van der Waals surface area contributed by atoms with E-state index in [1.807, 2.05) is 0 Å². The molecule has 3 heteroatoms. The summed E-state index contributed by atoms with van der Waals surface area (Å²) in [5.74, 6) is 0.970. The summed E-state index contributed by atoms with van der Waals surface area (Å²) < 4.78 is 0. The van der Waals surface area contributed by atoms with Crippen LogP contribution in [0.15, 0.2) is 0 Å². The molecule has 2 fully saturated rings. The fraction of sp³-hybridized carbons (Fsp3) is 0.900. The van der Waals surface area contributed by atoms with Crippen LogP contribution < -0.4 is 10.6 Å². The van der Waals surface area contributed by atoms with E-state index in [9.17, 15) is 4.79 Å². The molecule has 2 N–H and O–H groups in total. The largest absolute Gasteiger partial charge is 0.352 e. The van der Waals surface area contributed by atoms with E-state index in [0.29, 0.717) is 6.04 Å². The molecule has 2 heterocycles. The lowest BCUT2D eigenvalue weighted by Gasteiger charge is -2.22. The fourth-order valence-corrected chi connectivity index (χ4v) is 2.43. The first-order chi connectivity index (χ1) is 6.36. The number of nitrogens with one attached hydrogen (secondary N) is 2. The van der Waals surface area contributed by atoms with Gasteiger partial charge in [0.2, 0.25) is 5.91 Å². The van der Waals surface area contributed by atoms with Crippen LogP contribution in [-0.2, 0) is 4.79 Å². The highest BCUT2D eigenvalue weighted by Gasteiger charge is 2.27. The molecule has 0 spiro atoms. The summed E-state index contributed by atoms with van der Waals surface area (Å²) in [5, 5.41) is 6.50. The maximum Gasteiger partial charge on any atom is 0.220 e. The van der Waals surface area contributed by atoms with Crippen molar-refractivity contribution < 1.29 is 4.79 Å². The minimum atomic E-state index is 0.246. The Morgan fingerprint density at radius 2 is 2.08 bits per heavy atom. The van der Waals surface area contributed by atoms with Gasteiger partial charge in [0.05, 0.1) is 0 Å². The second kappa shape index (κ2) is 4.09. The summed E-state index contributed by atoms with van der Waals surface area (Å²) in [6.07, 6.45) is 5.57. The highest BCUT2D eigenvalue weighted by molar-refractivity contribution is 5.76. The van der Waals surface area contributed by atoms with Crippen LogP contribution in [0.5, 0.6) is 0 Å². The number of carbonyl (C=O) groups is 1. The average molecular weight is 182 g/mol. The Kier molecular flexibility index (Phi) is 2.83. The van der Waals surface area contributed by atoms with Gasteiger partial charge in [-0.3, -0.25) is 4.79 Å². The molecule has 2 unspecified atom stereocenters. The lowest BCUT2D eigenvalue weighted by atomic mass is 9.92. The van der Waals surface area contributed by atoms with Crippen LogP contribution in [0.25, 0.3) is 0 Å². The van der Waals surface area contributed by atoms with Crippen molar-refractivity contribution in [2.75, 3.05) is 13.1 Å². The van der Waals surface area contributed by atoms with E-state index >= 15 is 0 Å². The number of rotatable bonds is 0. The molecule has 2 aliphatic rings. The molecule has 0 aromatic carbocycles. The van der Waals surface area contributed by atoms with Gasteiger partial charge in [-0.2, -0.15) is 0 Å². The molecule has 2 rings (SSSR count). The smallest absolute Gasteiger partial charge is 0.220 e. The lowest BCUT2D eigenvalue weighted by Crippen LogP contribution is -2.43. The van der Waals surface area contributed by atoms with E-state index in [0.717, 1.165) is 31.8 Å². The van der Waals surface area contributed by atoms with Crippen molar-refractivity contribution >= 4 is 5.91 Å². The molecule has 1 amide bonds. The Labute approximate surface area is 79.3 Å². The van der Waals surface area contributed by atoms with Gasteiger partial charge < -0.3 is 10.6 Å². The van der Waals surface area contributed by atoms with Crippen LogP contribution in [0.2, 0.25) is 0 Å². The van der Waals surface area contributed by atoms with Gasteiger partial charge >= 0.3 is 0 Å². The summed E-state index contributed by atoms with van der Waals surface area (Å²) in [6, 6.07) is 0.400. The van der Waals surface area contributed by atoms with E-state index in [1.165, 1.54) is 19.3 Å². The van der Waals surface area contributed by atoms with Gasteiger partial charge in [-0.25, -0.2) is 0 Å². The molecule has 0 bridgehead atoms. The second-order valence-corrected chi connectivity index (χ2v) is 4.17. The molecule has 0 aliphatic carbocycles. The Hall–Kier alpha value is -0.570. The van der Waals surface area contributed by atoms with Crippen molar-refractivity contribution in [1.82, 2.24) is 10.6 Å². The highest BCUT2D eigenvalue weighted by atomic mass is 16.1. The number of amides is 1. The Bertz CT molecular complexity index is 193. The quantitative estimate of drug-likeness (QED) is 0.577. The van der Waals surface area contributed by atoms with Crippen LogP contribution in [0.1, 0.15) is 32.1 Å². The van der Waals surface area contributed by atoms with Crippen LogP contribution in [0.4, 0.5) is 0 Å². The van der Waals surface area contributed by atoms with Crippen LogP contribution >= 0.6 is 0 Å². The first-order valence-electron chi connectivity index (χ1n) is 5.36. The van der Waals surface area contributed by atoms with Crippen molar-refractivity contribution in [2.24, 2.45) is 5.92 Å². The molecule has 2 atom stereocenters. The van der Waals surface area contributed by atoms with Crippen molar-refractivity contribution in [3.63, 3.8) is 0 Å². The van der Waals surface area contributed by atoms with E-state index < -0.39 is 0 Å². The molecular weight excluding hydrogens is 164 g/mol. The average Bonchev–Trinajstić information content (AvgIpc) is 2.38. The minimum absolute atomic E-state index is 0.246. The zero-order valence-electron chi connectivity index (χ0n) is 8.01. The predicted molar refractivity (Wildman–Crippen MR) is 51.4 cm³/mol. The molecule has 13 heavy (non-hydrogen) atoms. The lowest BCUT2D eigenvalue weighted by molar-refractivity contribution is -0.121. The molecule has 3 nitrogen and oxygen atoms in total. The van der Waals surface area contributed by atoms with Crippen molar-refractivity contribution in [3.05, 3.63) is 0 Å².